The first-order valence-electron chi connectivity index (χ1n) is 5.21. The van der Waals surface area contributed by atoms with Crippen molar-refractivity contribution in [2.45, 2.75) is 24.7 Å². The average Bonchev–Trinajstić information content (AvgIpc) is 2.60. The highest BCUT2D eigenvalue weighted by atomic mass is 14.9. The van der Waals surface area contributed by atoms with E-state index in [1.165, 1.54) is 0 Å². The molecule has 1 fully saturated rings. The third kappa shape index (κ3) is 1.08. The van der Waals surface area contributed by atoms with Crippen LogP contribution in [0.25, 0.3) is 11.0 Å². The molecular weight excluding hydrogens is 186 g/mol. The van der Waals surface area contributed by atoms with Crippen LogP contribution in [0.4, 0.5) is 0 Å². The van der Waals surface area contributed by atoms with Gasteiger partial charge in [0.25, 0.3) is 0 Å². The highest BCUT2D eigenvalue weighted by Crippen LogP contribution is 2.42. The minimum Gasteiger partial charge on any atom is -0.341 e. The molecule has 0 spiro atoms. The monoisotopic (exact) mass is 197 g/mol. The van der Waals surface area contributed by atoms with Crippen LogP contribution in [-0.4, -0.2) is 9.97 Å². The van der Waals surface area contributed by atoms with E-state index < -0.39 is 0 Å². The van der Waals surface area contributed by atoms with E-state index in [4.69, 9.17) is 0 Å². The zero-order valence-electron chi connectivity index (χ0n) is 8.33. The Balaban J connectivity index is 2.16. The van der Waals surface area contributed by atoms with Gasteiger partial charge in [0.1, 0.15) is 11.2 Å². The molecule has 0 atom stereocenters. The van der Waals surface area contributed by atoms with Crippen molar-refractivity contribution >= 4 is 11.0 Å². The summed E-state index contributed by atoms with van der Waals surface area (Å²) in [6.45, 7) is 0. The quantitative estimate of drug-likeness (QED) is 0.763. The summed E-state index contributed by atoms with van der Waals surface area (Å²) in [4.78, 5) is 7.76. The van der Waals surface area contributed by atoms with Gasteiger partial charge in [0.05, 0.1) is 17.1 Å². The summed E-state index contributed by atoms with van der Waals surface area (Å²) in [7, 11) is 0. The van der Waals surface area contributed by atoms with Gasteiger partial charge in [0, 0.05) is 0 Å². The fraction of sp³-hybridized carbons (Fsp3) is 0.333. The van der Waals surface area contributed by atoms with Crippen molar-refractivity contribution in [3.63, 3.8) is 0 Å². The Morgan fingerprint density at radius 3 is 2.73 bits per heavy atom. The van der Waals surface area contributed by atoms with Crippen LogP contribution in [0.1, 0.15) is 25.1 Å². The van der Waals surface area contributed by atoms with E-state index in [-0.39, 0.29) is 5.41 Å². The van der Waals surface area contributed by atoms with Crippen LogP contribution in [-0.2, 0) is 5.41 Å². The molecule has 0 amide bonds. The van der Waals surface area contributed by atoms with E-state index in [1.807, 2.05) is 24.3 Å². The van der Waals surface area contributed by atoms with Gasteiger partial charge in [-0.1, -0.05) is 12.1 Å². The Kier molecular flexibility index (Phi) is 1.60. The highest BCUT2D eigenvalue weighted by molar-refractivity contribution is 5.75. The maximum Gasteiger partial charge on any atom is 0.127 e. The molecule has 1 heterocycles. The molecule has 15 heavy (non-hydrogen) atoms. The summed E-state index contributed by atoms with van der Waals surface area (Å²) in [5, 5.41) is 9.21. The Morgan fingerprint density at radius 2 is 2.13 bits per heavy atom. The third-order valence-corrected chi connectivity index (χ3v) is 3.26. The number of imidazole rings is 1. The maximum atomic E-state index is 9.21. The molecule has 3 heteroatoms. The lowest BCUT2D eigenvalue weighted by Crippen LogP contribution is -2.33. The molecule has 0 saturated heterocycles. The lowest BCUT2D eigenvalue weighted by Gasteiger charge is -2.32. The van der Waals surface area contributed by atoms with Gasteiger partial charge in [-0.3, -0.25) is 0 Å². The molecule has 1 aromatic heterocycles. The SMILES string of the molecule is N#CC1(c2nc3ccccc3[nH]2)CCC1. The van der Waals surface area contributed by atoms with Gasteiger partial charge >= 0.3 is 0 Å². The number of hydrogen-bond donors (Lipinski definition) is 1. The minimum absolute atomic E-state index is 0.334. The van der Waals surface area contributed by atoms with Gasteiger partial charge in [-0.05, 0) is 31.4 Å². The second-order valence-electron chi connectivity index (χ2n) is 4.15. The standard InChI is InChI=1S/C12H11N3/c13-8-12(6-3-7-12)11-14-9-4-1-2-5-10(9)15-11/h1-2,4-5H,3,6-7H2,(H,14,15). The van der Waals surface area contributed by atoms with E-state index in [9.17, 15) is 5.26 Å². The second-order valence-corrected chi connectivity index (χ2v) is 4.15. The fourth-order valence-corrected chi connectivity index (χ4v) is 2.11. The number of rotatable bonds is 1. The van der Waals surface area contributed by atoms with Crippen LogP contribution in [0, 0.1) is 11.3 Å². The smallest absolute Gasteiger partial charge is 0.127 e. The summed E-state index contributed by atoms with van der Waals surface area (Å²) in [5.41, 5.74) is 1.64. The lowest BCUT2D eigenvalue weighted by atomic mass is 9.69. The molecule has 0 bridgehead atoms. The van der Waals surface area contributed by atoms with Crippen LogP contribution in [0.5, 0.6) is 0 Å². The molecule has 0 aliphatic heterocycles. The number of benzene rings is 1. The summed E-state index contributed by atoms with van der Waals surface area (Å²) in [6, 6.07) is 10.3. The Labute approximate surface area is 87.8 Å². The van der Waals surface area contributed by atoms with Crippen molar-refractivity contribution in [3.8, 4) is 6.07 Å². The Morgan fingerprint density at radius 1 is 1.33 bits per heavy atom. The third-order valence-electron chi connectivity index (χ3n) is 3.26. The normalized spacial score (nSPS) is 18.3. The van der Waals surface area contributed by atoms with Gasteiger partial charge < -0.3 is 4.98 Å². The van der Waals surface area contributed by atoms with E-state index in [1.54, 1.807) is 0 Å². The number of fused-ring (bicyclic) bond motifs is 1. The van der Waals surface area contributed by atoms with Crippen molar-refractivity contribution in [3.05, 3.63) is 30.1 Å². The number of aromatic nitrogens is 2. The van der Waals surface area contributed by atoms with Crippen LogP contribution < -0.4 is 0 Å². The van der Waals surface area contributed by atoms with E-state index in [0.29, 0.717) is 0 Å². The summed E-state index contributed by atoms with van der Waals surface area (Å²) < 4.78 is 0. The van der Waals surface area contributed by atoms with Crippen LogP contribution >= 0.6 is 0 Å². The summed E-state index contributed by atoms with van der Waals surface area (Å²) in [6.07, 6.45) is 3.00. The molecule has 1 aromatic carbocycles. The largest absolute Gasteiger partial charge is 0.341 e. The minimum atomic E-state index is -0.334. The molecule has 3 nitrogen and oxygen atoms in total. The number of para-hydroxylation sites is 2. The van der Waals surface area contributed by atoms with Gasteiger partial charge in [-0.25, -0.2) is 4.98 Å². The second kappa shape index (κ2) is 2.83. The van der Waals surface area contributed by atoms with E-state index in [2.05, 4.69) is 16.0 Å². The molecule has 1 N–H and O–H groups in total. The Hall–Kier alpha value is -1.82. The first-order valence-corrected chi connectivity index (χ1v) is 5.21. The van der Waals surface area contributed by atoms with Gasteiger partial charge in [-0.15, -0.1) is 0 Å². The van der Waals surface area contributed by atoms with Crippen molar-refractivity contribution in [1.29, 1.82) is 5.26 Å². The van der Waals surface area contributed by atoms with E-state index in [0.717, 1.165) is 36.1 Å². The van der Waals surface area contributed by atoms with E-state index >= 15 is 0 Å². The van der Waals surface area contributed by atoms with Gasteiger partial charge in [0.15, 0.2) is 0 Å². The lowest BCUT2D eigenvalue weighted by molar-refractivity contribution is 0.310. The summed E-state index contributed by atoms with van der Waals surface area (Å²) in [5.74, 6) is 0.845. The molecule has 1 saturated carbocycles. The first kappa shape index (κ1) is 8.49. The fourth-order valence-electron chi connectivity index (χ4n) is 2.11. The molecule has 74 valence electrons. The molecular formula is C12H11N3. The molecule has 0 radical (unpaired) electrons. The number of nitrogens with one attached hydrogen (secondary N) is 1. The van der Waals surface area contributed by atoms with Crippen LogP contribution in [0.15, 0.2) is 24.3 Å². The first-order chi connectivity index (χ1) is 7.34. The average molecular weight is 197 g/mol. The molecule has 0 unspecified atom stereocenters. The topological polar surface area (TPSA) is 52.5 Å². The molecule has 3 rings (SSSR count). The summed E-state index contributed by atoms with van der Waals surface area (Å²) >= 11 is 0. The molecule has 2 aromatic rings. The zero-order chi connectivity index (χ0) is 10.3. The highest BCUT2D eigenvalue weighted by Gasteiger charge is 2.41. The number of nitrogens with zero attached hydrogens (tertiary/aromatic N) is 2. The predicted molar refractivity (Wildman–Crippen MR) is 57.2 cm³/mol. The number of aromatic amines is 1. The number of nitriles is 1. The Bertz CT molecular complexity index is 510. The van der Waals surface area contributed by atoms with Crippen LogP contribution in [0.2, 0.25) is 0 Å². The van der Waals surface area contributed by atoms with Crippen LogP contribution in [0.3, 0.4) is 0 Å². The van der Waals surface area contributed by atoms with Gasteiger partial charge in [-0.2, -0.15) is 5.26 Å². The maximum absolute atomic E-state index is 9.21. The number of hydrogen-bond acceptors (Lipinski definition) is 2. The molecule has 1 aliphatic carbocycles. The van der Waals surface area contributed by atoms with Gasteiger partial charge in [0.2, 0.25) is 0 Å². The number of H-pyrrole nitrogens is 1. The molecule has 1 aliphatic rings. The van der Waals surface area contributed by atoms with Crippen molar-refractivity contribution in [2.24, 2.45) is 0 Å². The van der Waals surface area contributed by atoms with Crippen molar-refractivity contribution in [2.75, 3.05) is 0 Å². The van der Waals surface area contributed by atoms with Crippen molar-refractivity contribution in [1.82, 2.24) is 9.97 Å². The van der Waals surface area contributed by atoms with Crippen molar-refractivity contribution < 1.29 is 0 Å². The zero-order valence-corrected chi connectivity index (χ0v) is 8.33. The predicted octanol–water partition coefficient (Wildman–Crippen LogP) is 2.51.